The zero-order chi connectivity index (χ0) is 12.5. The van der Waals surface area contributed by atoms with Crippen LogP contribution in [0.25, 0.3) is 10.2 Å². The van der Waals surface area contributed by atoms with Gasteiger partial charge >= 0.3 is 0 Å². The molecule has 2 aromatic heterocycles. The second-order valence-electron chi connectivity index (χ2n) is 3.94. The largest absolute Gasteiger partial charge is 0.294 e. The summed E-state index contributed by atoms with van der Waals surface area (Å²) in [6.07, 6.45) is 1.61. The molecule has 0 aliphatic heterocycles. The van der Waals surface area contributed by atoms with E-state index in [9.17, 15) is 4.79 Å². The minimum atomic E-state index is 0.0231. The van der Waals surface area contributed by atoms with E-state index in [-0.39, 0.29) is 5.56 Å². The topological polar surface area (TPSA) is 34.9 Å². The summed E-state index contributed by atoms with van der Waals surface area (Å²) in [5.74, 6) is 0. The summed E-state index contributed by atoms with van der Waals surface area (Å²) in [4.78, 5) is 16.5. The molecule has 0 aliphatic rings. The second-order valence-corrected chi connectivity index (χ2v) is 5.77. The normalized spacial score (nSPS) is 10.9. The molecule has 2 heterocycles. The van der Waals surface area contributed by atoms with E-state index < -0.39 is 0 Å². The van der Waals surface area contributed by atoms with E-state index in [0.29, 0.717) is 11.2 Å². The van der Waals surface area contributed by atoms with Gasteiger partial charge in [-0.05, 0) is 29.1 Å². The molecule has 0 unspecified atom stereocenters. The van der Waals surface area contributed by atoms with E-state index in [1.54, 1.807) is 10.9 Å². The van der Waals surface area contributed by atoms with Crippen molar-refractivity contribution in [3.8, 4) is 0 Å². The first-order valence-corrected chi connectivity index (χ1v) is 7.08. The van der Waals surface area contributed by atoms with E-state index in [1.807, 2.05) is 35.7 Å². The number of nitrogens with zero attached hydrogens (tertiary/aromatic N) is 2. The van der Waals surface area contributed by atoms with E-state index in [1.165, 1.54) is 11.3 Å². The van der Waals surface area contributed by atoms with Crippen LogP contribution in [0, 0.1) is 0 Å². The van der Waals surface area contributed by atoms with Gasteiger partial charge in [0.15, 0.2) is 0 Å². The Labute approximate surface area is 116 Å². The van der Waals surface area contributed by atoms with Gasteiger partial charge in [0.2, 0.25) is 0 Å². The van der Waals surface area contributed by atoms with Gasteiger partial charge in [-0.1, -0.05) is 28.1 Å². The molecule has 18 heavy (non-hydrogen) atoms. The molecule has 0 aliphatic carbocycles. The lowest BCUT2D eigenvalue weighted by atomic mass is 10.2. The Balaban J connectivity index is 2.05. The van der Waals surface area contributed by atoms with Crippen molar-refractivity contribution >= 4 is 37.5 Å². The molecule has 0 saturated carbocycles. The van der Waals surface area contributed by atoms with Crippen molar-refractivity contribution < 1.29 is 0 Å². The molecule has 0 atom stereocenters. The maximum absolute atomic E-state index is 12.2. The molecule has 0 fully saturated rings. The molecule has 0 spiro atoms. The molecule has 0 radical (unpaired) electrons. The monoisotopic (exact) mass is 320 g/mol. The van der Waals surface area contributed by atoms with Crippen LogP contribution >= 0.6 is 27.3 Å². The van der Waals surface area contributed by atoms with E-state index >= 15 is 0 Å². The number of hydrogen-bond acceptors (Lipinski definition) is 3. The van der Waals surface area contributed by atoms with Gasteiger partial charge in [0.05, 0.1) is 18.4 Å². The van der Waals surface area contributed by atoms with Crippen molar-refractivity contribution in [3.05, 3.63) is 62.4 Å². The van der Waals surface area contributed by atoms with Gasteiger partial charge in [-0.15, -0.1) is 11.3 Å². The van der Waals surface area contributed by atoms with Crippen LogP contribution in [0.5, 0.6) is 0 Å². The van der Waals surface area contributed by atoms with Crippen LogP contribution in [0.4, 0.5) is 0 Å². The molecule has 3 nitrogen and oxygen atoms in total. The SMILES string of the molecule is O=c1c2sccc2ncn1Cc1cccc(Br)c1. The number of halogens is 1. The molecular weight excluding hydrogens is 312 g/mol. The summed E-state index contributed by atoms with van der Waals surface area (Å²) in [6.45, 7) is 0.541. The zero-order valence-corrected chi connectivity index (χ0v) is 11.7. The van der Waals surface area contributed by atoms with Gasteiger partial charge in [-0.3, -0.25) is 9.36 Å². The Morgan fingerprint density at radius 1 is 1.33 bits per heavy atom. The Morgan fingerprint density at radius 3 is 3.06 bits per heavy atom. The smallest absolute Gasteiger partial charge is 0.271 e. The second kappa shape index (κ2) is 4.66. The van der Waals surface area contributed by atoms with Gasteiger partial charge in [-0.25, -0.2) is 4.98 Å². The highest BCUT2D eigenvalue weighted by molar-refractivity contribution is 9.10. The highest BCUT2D eigenvalue weighted by Crippen LogP contribution is 2.15. The predicted molar refractivity (Wildman–Crippen MR) is 77.1 cm³/mol. The predicted octanol–water partition coefficient (Wildman–Crippen LogP) is 3.27. The number of rotatable bonds is 2. The number of hydrogen-bond donors (Lipinski definition) is 0. The first-order chi connectivity index (χ1) is 8.74. The average Bonchev–Trinajstić information content (AvgIpc) is 2.82. The van der Waals surface area contributed by atoms with Crippen molar-refractivity contribution in [2.45, 2.75) is 6.54 Å². The van der Waals surface area contributed by atoms with Gasteiger partial charge in [0.1, 0.15) is 4.70 Å². The maximum atomic E-state index is 12.2. The highest BCUT2D eigenvalue weighted by Gasteiger charge is 2.05. The number of aromatic nitrogens is 2. The third kappa shape index (κ3) is 2.11. The molecule has 0 saturated heterocycles. The maximum Gasteiger partial charge on any atom is 0.271 e. The fourth-order valence-electron chi connectivity index (χ4n) is 1.82. The van der Waals surface area contributed by atoms with Crippen molar-refractivity contribution in [2.24, 2.45) is 0 Å². The van der Waals surface area contributed by atoms with Crippen molar-refractivity contribution in [1.82, 2.24) is 9.55 Å². The molecule has 5 heteroatoms. The van der Waals surface area contributed by atoms with Gasteiger partial charge in [0, 0.05) is 4.47 Å². The summed E-state index contributed by atoms with van der Waals surface area (Å²) >= 11 is 4.86. The lowest BCUT2D eigenvalue weighted by Gasteiger charge is -2.05. The average molecular weight is 321 g/mol. The Hall–Kier alpha value is -1.46. The van der Waals surface area contributed by atoms with Crippen LogP contribution in [-0.2, 0) is 6.54 Å². The summed E-state index contributed by atoms with van der Waals surface area (Å²) < 4.78 is 3.37. The number of fused-ring (bicyclic) bond motifs is 1. The first-order valence-electron chi connectivity index (χ1n) is 5.41. The van der Waals surface area contributed by atoms with Crippen molar-refractivity contribution in [2.75, 3.05) is 0 Å². The minimum absolute atomic E-state index is 0.0231. The molecule has 1 aromatic carbocycles. The van der Waals surface area contributed by atoms with Crippen LogP contribution in [-0.4, -0.2) is 9.55 Å². The lowest BCUT2D eigenvalue weighted by molar-refractivity contribution is 0.749. The van der Waals surface area contributed by atoms with E-state index in [4.69, 9.17) is 0 Å². The van der Waals surface area contributed by atoms with Crippen LogP contribution in [0.2, 0.25) is 0 Å². The van der Waals surface area contributed by atoms with E-state index in [2.05, 4.69) is 20.9 Å². The van der Waals surface area contributed by atoms with Gasteiger partial charge < -0.3 is 0 Å². The summed E-state index contributed by atoms with van der Waals surface area (Å²) in [6, 6.07) is 9.79. The quantitative estimate of drug-likeness (QED) is 0.726. The summed E-state index contributed by atoms with van der Waals surface area (Å²) in [5.41, 5.74) is 1.87. The Bertz CT molecular complexity index is 763. The molecule has 3 rings (SSSR count). The van der Waals surface area contributed by atoms with Gasteiger partial charge in [0.25, 0.3) is 5.56 Å². The third-order valence-corrected chi connectivity index (χ3v) is 4.06. The highest BCUT2D eigenvalue weighted by atomic mass is 79.9. The molecule has 0 amide bonds. The standard InChI is InChI=1S/C13H9BrN2OS/c14-10-3-1-2-9(6-10)7-16-8-15-11-4-5-18-12(11)13(16)17/h1-6,8H,7H2. The first kappa shape index (κ1) is 11.6. The molecule has 0 bridgehead atoms. The molecule has 3 aromatic rings. The van der Waals surface area contributed by atoms with Crippen LogP contribution in [0.3, 0.4) is 0 Å². The van der Waals surface area contributed by atoms with Crippen molar-refractivity contribution in [3.63, 3.8) is 0 Å². The fraction of sp³-hybridized carbons (Fsp3) is 0.0769. The van der Waals surface area contributed by atoms with Crippen LogP contribution in [0.15, 0.2) is 51.3 Å². The number of thiophene rings is 1. The minimum Gasteiger partial charge on any atom is -0.294 e. The molecule has 0 N–H and O–H groups in total. The zero-order valence-electron chi connectivity index (χ0n) is 9.34. The Kier molecular flexibility index (Phi) is 3.01. The van der Waals surface area contributed by atoms with Crippen LogP contribution in [0.1, 0.15) is 5.56 Å². The summed E-state index contributed by atoms with van der Waals surface area (Å²) in [7, 11) is 0. The van der Waals surface area contributed by atoms with Gasteiger partial charge in [-0.2, -0.15) is 0 Å². The third-order valence-electron chi connectivity index (χ3n) is 2.68. The fourth-order valence-corrected chi connectivity index (χ4v) is 3.06. The van der Waals surface area contributed by atoms with E-state index in [0.717, 1.165) is 15.6 Å². The van der Waals surface area contributed by atoms with Crippen LogP contribution < -0.4 is 5.56 Å². The summed E-state index contributed by atoms with van der Waals surface area (Å²) in [5, 5.41) is 1.89. The van der Waals surface area contributed by atoms with Crippen molar-refractivity contribution in [1.29, 1.82) is 0 Å². The lowest BCUT2D eigenvalue weighted by Crippen LogP contribution is -2.20. The molecular formula is C13H9BrN2OS. The number of benzene rings is 1. The Morgan fingerprint density at radius 2 is 2.22 bits per heavy atom. The molecule has 90 valence electrons.